The number of oxime groups is 1. The summed E-state index contributed by atoms with van der Waals surface area (Å²) in [6.45, 7) is 9.54. The van der Waals surface area contributed by atoms with Crippen LogP contribution in [0.5, 0.6) is 0 Å². The van der Waals surface area contributed by atoms with Crippen LogP contribution in [0.2, 0.25) is 0 Å². The molecule has 0 amide bonds. The molecule has 0 aliphatic carbocycles. The molecule has 2 aromatic rings. The quantitative estimate of drug-likeness (QED) is 0.145. The predicted molar refractivity (Wildman–Crippen MR) is 149 cm³/mol. The maximum Gasteiger partial charge on any atom is 0.338 e. The molecular weight excluding hydrogens is 479 g/mol. The Bertz CT molecular complexity index is 1080. The summed E-state index contributed by atoms with van der Waals surface area (Å²) in [6.07, 6.45) is 4.20. The minimum atomic E-state index is -0.379. The monoisotopic (exact) mass is 514 g/mol. The van der Waals surface area contributed by atoms with E-state index < -0.39 is 0 Å². The van der Waals surface area contributed by atoms with Crippen molar-refractivity contribution < 1.29 is 23.5 Å². The minimum Gasteiger partial charge on any atom is -0.465 e. The zero-order valence-corrected chi connectivity index (χ0v) is 22.7. The van der Waals surface area contributed by atoms with E-state index in [2.05, 4.69) is 21.6 Å². The fourth-order valence-corrected chi connectivity index (χ4v) is 3.94. The van der Waals surface area contributed by atoms with Crippen LogP contribution in [0.4, 0.5) is 4.39 Å². The number of aliphatic imine (C=N–C) groups is 1. The van der Waals surface area contributed by atoms with Crippen molar-refractivity contribution in [3.63, 3.8) is 0 Å². The second-order valence-electron chi connectivity index (χ2n) is 7.60. The van der Waals surface area contributed by atoms with Gasteiger partial charge >= 0.3 is 5.97 Å². The lowest BCUT2D eigenvalue weighted by molar-refractivity contribution is -0.133. The maximum absolute atomic E-state index is 13.2. The zero-order chi connectivity index (χ0) is 26.9. The van der Waals surface area contributed by atoms with Gasteiger partial charge in [0.1, 0.15) is 12.4 Å². The van der Waals surface area contributed by atoms with Gasteiger partial charge in [-0.1, -0.05) is 48.5 Å². The van der Waals surface area contributed by atoms with E-state index in [0.717, 1.165) is 32.9 Å². The summed E-state index contributed by atoms with van der Waals surface area (Å²) in [4.78, 5) is 22.6. The molecule has 0 aromatic heterocycles. The van der Waals surface area contributed by atoms with Crippen molar-refractivity contribution in [3.05, 3.63) is 82.8 Å². The average molecular weight is 515 g/mol. The molecule has 0 aliphatic heterocycles. The van der Waals surface area contributed by atoms with Gasteiger partial charge in [0.2, 0.25) is 0 Å². The third-order valence-corrected chi connectivity index (χ3v) is 5.93. The molecule has 2 rings (SSSR count). The lowest BCUT2D eigenvalue weighted by Crippen LogP contribution is -2.08. The van der Waals surface area contributed by atoms with Gasteiger partial charge in [0.15, 0.2) is 0 Å². The normalized spacial score (nSPS) is 11.9. The van der Waals surface area contributed by atoms with E-state index in [4.69, 9.17) is 9.57 Å². The van der Waals surface area contributed by atoms with Crippen LogP contribution in [0, 0.1) is 12.7 Å². The highest BCUT2D eigenvalue weighted by atomic mass is 32.2. The molecule has 0 heterocycles. The molecule has 0 spiro atoms. The Labute approximate surface area is 217 Å². The summed E-state index contributed by atoms with van der Waals surface area (Å²) in [6, 6.07) is 12.0. The highest BCUT2D eigenvalue weighted by Crippen LogP contribution is 2.28. The first-order valence-corrected chi connectivity index (χ1v) is 12.3. The van der Waals surface area contributed by atoms with Crippen LogP contribution in [-0.2, 0) is 25.7 Å². The third kappa shape index (κ3) is 10.2. The van der Waals surface area contributed by atoms with Gasteiger partial charge in [-0.15, -0.1) is 11.8 Å². The van der Waals surface area contributed by atoms with Gasteiger partial charge in [-0.3, -0.25) is 4.99 Å². The fourth-order valence-electron chi connectivity index (χ4n) is 3.07. The van der Waals surface area contributed by atoms with Crippen molar-refractivity contribution >= 4 is 40.6 Å². The fraction of sp³-hybridized carbons (Fsp3) is 0.321. The Balaban J connectivity index is 0.00000205. The summed E-state index contributed by atoms with van der Waals surface area (Å²) in [5.74, 6) is -0.112. The topological polar surface area (TPSA) is 69.5 Å². The van der Waals surface area contributed by atoms with E-state index in [0.29, 0.717) is 17.7 Å². The van der Waals surface area contributed by atoms with Gasteiger partial charge in [0.25, 0.3) is 0 Å². The number of aryl methyl sites for hydroxylation is 1. The number of allylic oxidation sites excluding steroid dienone is 1. The lowest BCUT2D eigenvalue weighted by Gasteiger charge is -2.14. The molecule has 194 valence electrons. The Morgan fingerprint density at radius 3 is 2.39 bits per heavy atom. The summed E-state index contributed by atoms with van der Waals surface area (Å²) < 4.78 is 22.4. The summed E-state index contributed by atoms with van der Waals surface area (Å²) in [7, 11) is 4.62. The van der Waals surface area contributed by atoms with E-state index >= 15 is 0 Å². The smallest absolute Gasteiger partial charge is 0.338 e. The number of rotatable bonds is 11. The molecule has 0 saturated heterocycles. The van der Waals surface area contributed by atoms with E-state index in [1.807, 2.05) is 45.0 Å². The molecule has 0 radical (unpaired) electrons. The molecule has 0 atom stereocenters. The highest BCUT2D eigenvalue weighted by molar-refractivity contribution is 8.08. The zero-order valence-electron chi connectivity index (χ0n) is 21.8. The largest absolute Gasteiger partial charge is 0.465 e. The number of hydrogen-bond donors (Lipinski definition) is 0. The molecule has 0 bridgehead atoms. The first kappa shape index (κ1) is 30.8. The molecule has 8 heteroatoms. The molecule has 36 heavy (non-hydrogen) atoms. The van der Waals surface area contributed by atoms with Crippen molar-refractivity contribution in [2.24, 2.45) is 10.1 Å². The van der Waals surface area contributed by atoms with Crippen molar-refractivity contribution in [3.8, 4) is 0 Å². The number of carbonyl (C=O) groups excluding carboxylic acids is 1. The number of hydrogen-bond acceptors (Lipinski definition) is 7. The molecule has 2 aromatic carbocycles. The average Bonchev–Trinajstić information content (AvgIpc) is 2.86. The number of esters is 1. The van der Waals surface area contributed by atoms with Crippen LogP contribution in [0.25, 0.3) is 10.5 Å². The van der Waals surface area contributed by atoms with Gasteiger partial charge in [0, 0.05) is 36.6 Å². The Morgan fingerprint density at radius 2 is 1.81 bits per heavy atom. The molecular formula is C28H35FN2O4S. The van der Waals surface area contributed by atoms with Gasteiger partial charge in [-0.05, 0) is 55.8 Å². The lowest BCUT2D eigenvalue weighted by atomic mass is 9.95. The van der Waals surface area contributed by atoms with E-state index in [9.17, 15) is 9.18 Å². The van der Waals surface area contributed by atoms with Crippen LogP contribution in [-0.4, -0.2) is 45.5 Å². The first-order valence-electron chi connectivity index (χ1n) is 11.3. The van der Waals surface area contributed by atoms with Gasteiger partial charge in [0.05, 0.1) is 18.4 Å². The van der Waals surface area contributed by atoms with Crippen LogP contribution >= 0.6 is 11.8 Å². The number of nitrogens with zero attached hydrogens (tertiary/aromatic N) is 2. The van der Waals surface area contributed by atoms with Crippen molar-refractivity contribution in [2.75, 3.05) is 27.1 Å². The van der Waals surface area contributed by atoms with Crippen LogP contribution in [0.1, 0.15) is 42.5 Å². The van der Waals surface area contributed by atoms with Crippen LogP contribution in [0.3, 0.4) is 0 Å². The molecule has 0 N–H and O–H groups in total. The van der Waals surface area contributed by atoms with Crippen LogP contribution in [0.15, 0.2) is 64.9 Å². The number of carbonyl (C=O) groups is 1. The minimum absolute atomic E-state index is 0.219. The Hall–Kier alpha value is -3.23. The second-order valence-corrected chi connectivity index (χ2v) is 8.62. The number of ether oxygens (including phenoxy) is 2. The maximum atomic E-state index is 13.2. The number of benzene rings is 2. The highest BCUT2D eigenvalue weighted by Gasteiger charge is 2.17. The predicted octanol–water partition coefficient (Wildman–Crippen LogP) is 6.69. The SMILES string of the molecule is C=N/C=C(\SC/C(C)=N/OCc1c(C)cccc1/C(=C\CC)C(=O)OC)c1ccc(F)cc1.COC. The molecule has 0 aliphatic rings. The summed E-state index contributed by atoms with van der Waals surface area (Å²) in [5.41, 5.74) is 4.80. The van der Waals surface area contributed by atoms with E-state index in [1.165, 1.54) is 31.0 Å². The molecule has 0 unspecified atom stereocenters. The summed E-state index contributed by atoms with van der Waals surface area (Å²) >= 11 is 1.51. The van der Waals surface area contributed by atoms with Crippen LogP contribution < -0.4 is 0 Å². The summed E-state index contributed by atoms with van der Waals surface area (Å²) in [5, 5.41) is 4.24. The molecule has 6 nitrogen and oxygen atoms in total. The Kier molecular flexibility index (Phi) is 14.8. The first-order chi connectivity index (χ1) is 17.3. The molecule has 0 fully saturated rings. The molecule has 0 saturated carbocycles. The van der Waals surface area contributed by atoms with Crippen molar-refractivity contribution in [1.82, 2.24) is 0 Å². The number of thioether (sulfide) groups is 1. The van der Waals surface area contributed by atoms with Crippen molar-refractivity contribution in [1.29, 1.82) is 0 Å². The van der Waals surface area contributed by atoms with Gasteiger partial charge < -0.3 is 14.3 Å². The standard InChI is InChI=1S/C26H29FN2O3S.C2H6O/c1-6-8-23(26(30)31-5)22-10-7-9-18(2)24(22)16-32-29-19(3)17-33-25(15-28-4)20-11-13-21(27)14-12-20;1-3-2/h7-15H,4,6,16-17H2,1-3,5H3;1-2H3/b23-8+,25-15-,29-19+;. The second kappa shape index (κ2) is 17.2. The third-order valence-electron chi connectivity index (χ3n) is 4.72. The van der Waals surface area contributed by atoms with Gasteiger partial charge in [-0.2, -0.15) is 0 Å². The van der Waals surface area contributed by atoms with E-state index in [-0.39, 0.29) is 18.4 Å². The number of methoxy groups -OCH3 is 2. The van der Waals surface area contributed by atoms with Gasteiger partial charge in [-0.25, -0.2) is 9.18 Å². The van der Waals surface area contributed by atoms with Crippen molar-refractivity contribution in [2.45, 2.75) is 33.8 Å². The Morgan fingerprint density at radius 1 is 1.14 bits per heavy atom. The number of halogens is 1. The van der Waals surface area contributed by atoms with E-state index in [1.54, 1.807) is 32.6 Å².